The highest BCUT2D eigenvalue weighted by Gasteiger charge is 2.26. The lowest BCUT2D eigenvalue weighted by Crippen LogP contribution is -2.28. The summed E-state index contributed by atoms with van der Waals surface area (Å²) in [6.07, 6.45) is 2.08. The van der Waals surface area contributed by atoms with Gasteiger partial charge < -0.3 is 15.2 Å². The first-order valence-corrected chi connectivity index (χ1v) is 6.62. The fourth-order valence-corrected chi connectivity index (χ4v) is 2.85. The number of rotatable bonds is 3. The predicted molar refractivity (Wildman–Crippen MR) is 72.9 cm³/mol. The smallest absolute Gasteiger partial charge is 0.124 e. The van der Waals surface area contributed by atoms with Crippen molar-refractivity contribution in [2.24, 2.45) is 11.7 Å². The lowest BCUT2D eigenvalue weighted by atomic mass is 9.85. The summed E-state index contributed by atoms with van der Waals surface area (Å²) in [6, 6.07) is 4.29. The molecule has 1 aliphatic rings. The molecule has 1 saturated heterocycles. The summed E-state index contributed by atoms with van der Waals surface area (Å²) in [6.45, 7) is 5.85. The molecule has 1 aliphatic heterocycles. The number of hydrogen-bond donors (Lipinski definition) is 1. The number of benzene rings is 1. The third-order valence-corrected chi connectivity index (χ3v) is 3.82. The summed E-state index contributed by atoms with van der Waals surface area (Å²) < 4.78 is 10.9. The maximum atomic E-state index is 6.46. The van der Waals surface area contributed by atoms with Crippen LogP contribution in [0.2, 0.25) is 0 Å². The molecule has 0 saturated carbocycles. The van der Waals surface area contributed by atoms with Crippen LogP contribution in [0.4, 0.5) is 0 Å². The first-order chi connectivity index (χ1) is 8.63. The zero-order valence-electron chi connectivity index (χ0n) is 11.5. The Hall–Kier alpha value is -1.06. The van der Waals surface area contributed by atoms with Gasteiger partial charge in [0.05, 0.1) is 7.11 Å². The molecule has 0 spiro atoms. The SMILES string of the molecule is COc1cc(C)cc(C)c1C(N)C1CCOCC1. The average molecular weight is 249 g/mol. The molecule has 1 heterocycles. The molecule has 1 fully saturated rings. The molecule has 100 valence electrons. The Bertz CT molecular complexity index is 411. The lowest BCUT2D eigenvalue weighted by molar-refractivity contribution is 0.0580. The van der Waals surface area contributed by atoms with E-state index in [-0.39, 0.29) is 6.04 Å². The first kappa shape index (κ1) is 13.4. The van der Waals surface area contributed by atoms with Gasteiger partial charge in [-0.15, -0.1) is 0 Å². The summed E-state index contributed by atoms with van der Waals surface area (Å²) in [5.74, 6) is 1.42. The van der Waals surface area contributed by atoms with E-state index in [1.54, 1.807) is 7.11 Å². The van der Waals surface area contributed by atoms with Gasteiger partial charge in [0.1, 0.15) is 5.75 Å². The van der Waals surface area contributed by atoms with E-state index < -0.39 is 0 Å². The third kappa shape index (κ3) is 2.68. The van der Waals surface area contributed by atoms with Gasteiger partial charge in [-0.1, -0.05) is 6.07 Å². The van der Waals surface area contributed by atoms with E-state index in [0.29, 0.717) is 5.92 Å². The topological polar surface area (TPSA) is 44.5 Å². The van der Waals surface area contributed by atoms with E-state index in [1.807, 2.05) is 0 Å². The maximum absolute atomic E-state index is 6.46. The molecule has 3 heteroatoms. The van der Waals surface area contributed by atoms with Gasteiger partial charge in [-0.3, -0.25) is 0 Å². The van der Waals surface area contributed by atoms with E-state index in [0.717, 1.165) is 37.4 Å². The quantitative estimate of drug-likeness (QED) is 0.895. The fraction of sp³-hybridized carbons (Fsp3) is 0.600. The van der Waals surface area contributed by atoms with Gasteiger partial charge >= 0.3 is 0 Å². The van der Waals surface area contributed by atoms with Crippen molar-refractivity contribution in [3.05, 3.63) is 28.8 Å². The van der Waals surface area contributed by atoms with Gasteiger partial charge in [-0.25, -0.2) is 0 Å². The minimum absolute atomic E-state index is 0.0458. The van der Waals surface area contributed by atoms with E-state index >= 15 is 0 Å². The van der Waals surface area contributed by atoms with Crippen LogP contribution in [0.15, 0.2) is 12.1 Å². The molecule has 3 nitrogen and oxygen atoms in total. The van der Waals surface area contributed by atoms with E-state index in [2.05, 4.69) is 26.0 Å². The summed E-state index contributed by atoms with van der Waals surface area (Å²) >= 11 is 0. The van der Waals surface area contributed by atoms with Gasteiger partial charge in [0.2, 0.25) is 0 Å². The predicted octanol–water partition coefficient (Wildman–Crippen LogP) is 2.74. The van der Waals surface area contributed by atoms with E-state index in [9.17, 15) is 0 Å². The van der Waals surface area contributed by atoms with Gasteiger partial charge in [0.25, 0.3) is 0 Å². The van der Waals surface area contributed by atoms with Crippen molar-refractivity contribution in [3.63, 3.8) is 0 Å². The molecule has 18 heavy (non-hydrogen) atoms. The third-order valence-electron chi connectivity index (χ3n) is 3.82. The van der Waals surface area contributed by atoms with Crippen LogP contribution in [-0.4, -0.2) is 20.3 Å². The van der Waals surface area contributed by atoms with Crippen molar-refractivity contribution >= 4 is 0 Å². The number of aryl methyl sites for hydroxylation is 2. The van der Waals surface area contributed by atoms with Crippen molar-refractivity contribution in [1.29, 1.82) is 0 Å². The van der Waals surface area contributed by atoms with Crippen LogP contribution < -0.4 is 10.5 Å². The molecule has 0 aromatic heterocycles. The molecule has 0 radical (unpaired) electrons. The summed E-state index contributed by atoms with van der Waals surface area (Å²) in [5.41, 5.74) is 10.1. The first-order valence-electron chi connectivity index (χ1n) is 6.62. The van der Waals surface area contributed by atoms with Crippen LogP contribution >= 0.6 is 0 Å². The Labute approximate surface area is 109 Å². The average Bonchev–Trinajstić information content (AvgIpc) is 2.38. The van der Waals surface area contributed by atoms with Crippen molar-refractivity contribution < 1.29 is 9.47 Å². The Morgan fingerprint density at radius 2 is 1.94 bits per heavy atom. The monoisotopic (exact) mass is 249 g/mol. The van der Waals surface area contributed by atoms with Gasteiger partial charge in [0.15, 0.2) is 0 Å². The minimum atomic E-state index is 0.0458. The molecule has 2 N–H and O–H groups in total. The van der Waals surface area contributed by atoms with Crippen molar-refractivity contribution in [3.8, 4) is 5.75 Å². The molecule has 0 aliphatic carbocycles. The van der Waals surface area contributed by atoms with E-state index in [4.69, 9.17) is 15.2 Å². The molecule has 0 bridgehead atoms. The summed E-state index contributed by atoms with van der Waals surface area (Å²) in [5, 5.41) is 0. The van der Waals surface area contributed by atoms with Crippen LogP contribution in [-0.2, 0) is 4.74 Å². The van der Waals surface area contributed by atoms with Crippen molar-refractivity contribution in [2.75, 3.05) is 20.3 Å². The van der Waals surface area contributed by atoms with Crippen LogP contribution in [0, 0.1) is 19.8 Å². The Morgan fingerprint density at radius 1 is 1.28 bits per heavy atom. The van der Waals surface area contributed by atoms with Crippen molar-refractivity contribution in [1.82, 2.24) is 0 Å². The second kappa shape index (κ2) is 5.72. The van der Waals surface area contributed by atoms with Gasteiger partial charge in [0, 0.05) is 24.8 Å². The van der Waals surface area contributed by atoms with Crippen LogP contribution in [0.3, 0.4) is 0 Å². The highest BCUT2D eigenvalue weighted by Crippen LogP contribution is 2.36. The highest BCUT2D eigenvalue weighted by atomic mass is 16.5. The summed E-state index contributed by atoms with van der Waals surface area (Å²) in [4.78, 5) is 0. The number of ether oxygens (including phenoxy) is 2. The Morgan fingerprint density at radius 3 is 2.56 bits per heavy atom. The minimum Gasteiger partial charge on any atom is -0.496 e. The fourth-order valence-electron chi connectivity index (χ4n) is 2.85. The molecule has 1 aromatic rings. The molecule has 1 atom stereocenters. The van der Waals surface area contributed by atoms with Crippen molar-refractivity contribution in [2.45, 2.75) is 32.7 Å². The molecule has 0 amide bonds. The number of hydrogen-bond acceptors (Lipinski definition) is 3. The second-order valence-electron chi connectivity index (χ2n) is 5.17. The van der Waals surface area contributed by atoms with E-state index in [1.165, 1.54) is 11.1 Å². The second-order valence-corrected chi connectivity index (χ2v) is 5.17. The van der Waals surface area contributed by atoms with Gasteiger partial charge in [-0.05, 0) is 49.8 Å². The normalized spacial score (nSPS) is 18.7. The van der Waals surface area contributed by atoms with Crippen LogP contribution in [0.5, 0.6) is 5.75 Å². The standard InChI is InChI=1S/C15H23NO2/c1-10-8-11(2)14(13(9-10)17-3)15(16)12-4-6-18-7-5-12/h8-9,12,15H,4-7,16H2,1-3H3. The Kier molecular flexibility index (Phi) is 4.25. The maximum Gasteiger partial charge on any atom is 0.124 e. The summed E-state index contributed by atoms with van der Waals surface area (Å²) in [7, 11) is 1.72. The Balaban J connectivity index is 2.30. The van der Waals surface area contributed by atoms with Gasteiger partial charge in [-0.2, -0.15) is 0 Å². The molecule has 1 aromatic carbocycles. The molecule has 2 rings (SSSR count). The van der Waals surface area contributed by atoms with Crippen LogP contribution in [0.1, 0.15) is 35.6 Å². The molecule has 1 unspecified atom stereocenters. The largest absolute Gasteiger partial charge is 0.496 e. The molecular weight excluding hydrogens is 226 g/mol. The highest BCUT2D eigenvalue weighted by molar-refractivity contribution is 5.45. The number of methoxy groups -OCH3 is 1. The number of nitrogens with two attached hydrogens (primary N) is 1. The molecular formula is C15H23NO2. The van der Waals surface area contributed by atoms with Crippen LogP contribution in [0.25, 0.3) is 0 Å². The zero-order chi connectivity index (χ0) is 13.1. The zero-order valence-corrected chi connectivity index (χ0v) is 11.5. The lowest BCUT2D eigenvalue weighted by Gasteiger charge is -2.30.